The van der Waals surface area contributed by atoms with E-state index in [2.05, 4.69) is 62.5 Å². The number of rotatable bonds is 42. The molecule has 0 rings (SSSR count). The van der Waals surface area contributed by atoms with Crippen molar-refractivity contribution in [1.29, 1.82) is 0 Å². The summed E-state index contributed by atoms with van der Waals surface area (Å²) >= 11 is 0. The van der Waals surface area contributed by atoms with Gasteiger partial charge < -0.3 is 19.3 Å². The minimum absolute atomic E-state index is 0.00292. The Balaban J connectivity index is 4.27. The lowest BCUT2D eigenvalue weighted by molar-refractivity contribution is -0.161. The Labute approximate surface area is 350 Å². The summed E-state index contributed by atoms with van der Waals surface area (Å²) in [5.74, 6) is -0.824. The molecule has 0 aliphatic carbocycles. The summed E-state index contributed by atoms with van der Waals surface area (Å²) in [4.78, 5) is 37.1. The highest BCUT2D eigenvalue weighted by molar-refractivity contribution is 7.47. The van der Waals surface area contributed by atoms with Gasteiger partial charge in [0.2, 0.25) is 0 Å². The molecule has 0 aromatic carbocycles. The van der Waals surface area contributed by atoms with Crippen molar-refractivity contribution in [2.75, 3.05) is 40.5 Å². The zero-order valence-corrected chi connectivity index (χ0v) is 37.9. The molecule has 9 nitrogen and oxygen atoms in total. The second-order valence-electron chi connectivity index (χ2n) is 15.5. The van der Waals surface area contributed by atoms with E-state index in [-0.39, 0.29) is 32.0 Å². The Kier molecular flexibility index (Phi) is 40.6. The first-order valence-corrected chi connectivity index (χ1v) is 24.4. The molecule has 57 heavy (non-hydrogen) atoms. The molecule has 0 amide bonds. The van der Waals surface area contributed by atoms with Gasteiger partial charge in [-0.3, -0.25) is 18.6 Å². The third-order valence-corrected chi connectivity index (χ3v) is 10.6. The summed E-state index contributed by atoms with van der Waals surface area (Å²) in [6.07, 6.45) is 47.3. The quantitative estimate of drug-likeness (QED) is 0.0278. The van der Waals surface area contributed by atoms with E-state index < -0.39 is 26.5 Å². The van der Waals surface area contributed by atoms with Crippen LogP contribution in [-0.4, -0.2) is 68.3 Å². The SMILES string of the molecule is CC/C=C\C/C=C\C/C=C\CCCCCCCC(=O)OCC(COP(=O)(O)OCCN(C)C)OC(=O)CCCCCCCCCCC/C=C\CCCCCCCC. The molecule has 2 unspecified atom stereocenters. The fourth-order valence-corrected chi connectivity index (χ4v) is 6.85. The highest BCUT2D eigenvalue weighted by Gasteiger charge is 2.26. The molecule has 0 heterocycles. The van der Waals surface area contributed by atoms with Gasteiger partial charge in [-0.15, -0.1) is 0 Å². The predicted octanol–water partition coefficient (Wildman–Crippen LogP) is 13.3. The number of phosphoric acid groups is 1. The maximum Gasteiger partial charge on any atom is 0.472 e. The van der Waals surface area contributed by atoms with Crippen LogP contribution in [0.2, 0.25) is 0 Å². The van der Waals surface area contributed by atoms with Gasteiger partial charge in [-0.25, -0.2) is 4.57 Å². The summed E-state index contributed by atoms with van der Waals surface area (Å²) in [5.41, 5.74) is 0. The molecule has 10 heteroatoms. The number of nitrogens with zero attached hydrogens (tertiary/aromatic N) is 1. The molecule has 0 spiro atoms. The normalized spacial score (nSPS) is 13.8. The zero-order chi connectivity index (χ0) is 41.9. The van der Waals surface area contributed by atoms with Crippen LogP contribution in [-0.2, 0) is 32.7 Å². The van der Waals surface area contributed by atoms with Crippen LogP contribution in [0.25, 0.3) is 0 Å². The number of carbonyl (C=O) groups is 2. The average Bonchev–Trinajstić information content (AvgIpc) is 3.18. The van der Waals surface area contributed by atoms with Crippen LogP contribution < -0.4 is 0 Å². The summed E-state index contributed by atoms with van der Waals surface area (Å²) in [6, 6.07) is 0. The van der Waals surface area contributed by atoms with Crippen molar-refractivity contribution < 1.29 is 37.6 Å². The van der Waals surface area contributed by atoms with E-state index >= 15 is 0 Å². The number of phosphoric ester groups is 1. The average molecular weight is 824 g/mol. The summed E-state index contributed by atoms with van der Waals surface area (Å²) in [7, 11) is -0.723. The van der Waals surface area contributed by atoms with Crippen LogP contribution in [0.3, 0.4) is 0 Å². The number of unbranched alkanes of at least 4 members (excludes halogenated alkanes) is 20. The van der Waals surface area contributed by atoms with Crippen molar-refractivity contribution in [2.24, 2.45) is 0 Å². The van der Waals surface area contributed by atoms with Crippen LogP contribution in [0.1, 0.15) is 194 Å². The number of ether oxygens (including phenoxy) is 2. The van der Waals surface area contributed by atoms with Gasteiger partial charge in [0, 0.05) is 19.4 Å². The van der Waals surface area contributed by atoms with Gasteiger partial charge in [0.05, 0.1) is 13.2 Å². The predicted molar refractivity (Wildman–Crippen MR) is 238 cm³/mol. The molecular weight excluding hydrogens is 737 g/mol. The summed E-state index contributed by atoms with van der Waals surface area (Å²) < 4.78 is 33.5. The molecule has 1 N–H and O–H groups in total. The minimum Gasteiger partial charge on any atom is -0.462 e. The number of hydrogen-bond acceptors (Lipinski definition) is 8. The molecule has 0 saturated heterocycles. The van der Waals surface area contributed by atoms with Crippen molar-refractivity contribution >= 4 is 19.8 Å². The molecule has 0 bridgehead atoms. The lowest BCUT2D eigenvalue weighted by Gasteiger charge is -2.20. The lowest BCUT2D eigenvalue weighted by atomic mass is 10.1. The van der Waals surface area contributed by atoms with Crippen molar-refractivity contribution in [1.82, 2.24) is 4.90 Å². The van der Waals surface area contributed by atoms with E-state index in [0.29, 0.717) is 13.0 Å². The first-order valence-electron chi connectivity index (χ1n) is 22.9. The van der Waals surface area contributed by atoms with Crippen molar-refractivity contribution in [3.8, 4) is 0 Å². The Hall–Kier alpha value is -2.03. The van der Waals surface area contributed by atoms with E-state index in [0.717, 1.165) is 77.0 Å². The smallest absolute Gasteiger partial charge is 0.462 e. The van der Waals surface area contributed by atoms with Gasteiger partial charge in [-0.2, -0.15) is 0 Å². The number of hydrogen-bond donors (Lipinski definition) is 1. The lowest BCUT2D eigenvalue weighted by Crippen LogP contribution is -2.29. The molecular formula is C47H86NO8P. The first kappa shape index (κ1) is 55.0. The molecule has 0 aromatic heterocycles. The first-order chi connectivity index (χ1) is 27.7. The highest BCUT2D eigenvalue weighted by Crippen LogP contribution is 2.43. The zero-order valence-electron chi connectivity index (χ0n) is 37.0. The van der Waals surface area contributed by atoms with Crippen LogP contribution in [0.5, 0.6) is 0 Å². The molecule has 2 atom stereocenters. The van der Waals surface area contributed by atoms with Crippen molar-refractivity contribution in [3.63, 3.8) is 0 Å². The highest BCUT2D eigenvalue weighted by atomic mass is 31.2. The molecule has 0 aromatic rings. The summed E-state index contributed by atoms with van der Waals surface area (Å²) in [5, 5.41) is 0. The molecule has 0 aliphatic heterocycles. The third kappa shape index (κ3) is 43.4. The molecule has 332 valence electrons. The van der Waals surface area contributed by atoms with Crippen molar-refractivity contribution in [2.45, 2.75) is 200 Å². The topological polar surface area (TPSA) is 112 Å². The maximum absolute atomic E-state index is 12.7. The standard InChI is InChI=1S/C47H86NO8P/c1-5-7-9-11-13-15-17-19-21-22-23-24-26-28-30-32-34-36-38-40-47(50)56-45(44-55-57(51,52)54-42-41-48(3)4)43-53-46(49)39-37-35-33-31-29-27-25-20-18-16-14-12-10-8-6-2/h8,10,14,16,19-21,25,45H,5-7,9,11-13,15,17-18,22-24,26-44H2,1-4H3,(H,51,52)/b10-8-,16-14-,21-19-,25-20-. The number of carbonyl (C=O) groups excluding carboxylic acids is 2. The fourth-order valence-electron chi connectivity index (χ4n) is 6.11. The van der Waals surface area contributed by atoms with Crippen LogP contribution in [0.4, 0.5) is 0 Å². The van der Waals surface area contributed by atoms with Crippen molar-refractivity contribution in [3.05, 3.63) is 48.6 Å². The van der Waals surface area contributed by atoms with Gasteiger partial charge in [0.1, 0.15) is 6.61 Å². The third-order valence-electron chi connectivity index (χ3n) is 9.62. The second kappa shape index (κ2) is 42.1. The Morgan fingerprint density at radius 3 is 1.51 bits per heavy atom. The van der Waals surface area contributed by atoms with E-state index in [1.807, 2.05) is 19.0 Å². The molecule has 0 fully saturated rings. The van der Waals surface area contributed by atoms with Crippen LogP contribution >= 0.6 is 7.82 Å². The number of likely N-dealkylation sites (N-methyl/N-ethyl adjacent to an activating group) is 1. The van der Waals surface area contributed by atoms with E-state index in [4.69, 9.17) is 18.5 Å². The van der Waals surface area contributed by atoms with Gasteiger partial charge in [0.15, 0.2) is 6.10 Å². The van der Waals surface area contributed by atoms with E-state index in [9.17, 15) is 19.0 Å². The summed E-state index contributed by atoms with van der Waals surface area (Å²) in [6.45, 7) is 4.19. The molecule has 0 aliphatic rings. The minimum atomic E-state index is -4.37. The second-order valence-corrected chi connectivity index (χ2v) is 17.0. The molecule has 0 radical (unpaired) electrons. The monoisotopic (exact) mass is 824 g/mol. The maximum atomic E-state index is 12.7. The van der Waals surface area contributed by atoms with Gasteiger partial charge in [-0.05, 0) is 84.7 Å². The fraction of sp³-hybridized carbons (Fsp3) is 0.787. The Bertz CT molecular complexity index is 1090. The van der Waals surface area contributed by atoms with Crippen LogP contribution in [0, 0.1) is 0 Å². The number of esters is 2. The Morgan fingerprint density at radius 1 is 0.561 bits per heavy atom. The van der Waals surface area contributed by atoms with E-state index in [1.54, 1.807) is 0 Å². The van der Waals surface area contributed by atoms with Gasteiger partial charge in [0.25, 0.3) is 0 Å². The number of allylic oxidation sites excluding steroid dienone is 8. The van der Waals surface area contributed by atoms with Crippen LogP contribution in [0.15, 0.2) is 48.6 Å². The molecule has 0 saturated carbocycles. The Morgan fingerprint density at radius 2 is 1.00 bits per heavy atom. The van der Waals surface area contributed by atoms with Gasteiger partial charge >= 0.3 is 19.8 Å². The van der Waals surface area contributed by atoms with Gasteiger partial charge in [-0.1, -0.05) is 159 Å². The largest absolute Gasteiger partial charge is 0.472 e. The van der Waals surface area contributed by atoms with E-state index in [1.165, 1.54) is 83.5 Å².